The van der Waals surface area contributed by atoms with E-state index in [-0.39, 0.29) is 5.82 Å². The molecule has 0 radical (unpaired) electrons. The lowest BCUT2D eigenvalue weighted by Crippen LogP contribution is -2.35. The minimum Gasteiger partial charge on any atom is -0.316 e. The van der Waals surface area contributed by atoms with Crippen molar-refractivity contribution in [2.75, 3.05) is 13.1 Å². The Labute approximate surface area is 105 Å². The lowest BCUT2D eigenvalue weighted by molar-refractivity contribution is 0.317. The fraction of sp³-hybridized carbons (Fsp3) is 0.538. The number of rotatable bonds is 2. The molecule has 2 rings (SSSR count). The summed E-state index contributed by atoms with van der Waals surface area (Å²) in [5.41, 5.74) is 1.15. The summed E-state index contributed by atoms with van der Waals surface area (Å²) < 4.78 is 14.1. The SMILES string of the molecule is CCC1CNCCC1c1ccc(Br)c(F)c1. The quantitative estimate of drug-likeness (QED) is 0.874. The third kappa shape index (κ3) is 2.46. The second-order valence-corrected chi connectivity index (χ2v) is 5.30. The van der Waals surface area contributed by atoms with E-state index in [9.17, 15) is 4.39 Å². The van der Waals surface area contributed by atoms with Crippen molar-refractivity contribution >= 4 is 15.9 Å². The first kappa shape index (κ1) is 12.1. The van der Waals surface area contributed by atoms with Gasteiger partial charge in [0, 0.05) is 0 Å². The number of benzene rings is 1. The molecule has 1 aliphatic heterocycles. The minimum atomic E-state index is -0.147. The molecule has 2 unspecified atom stereocenters. The zero-order chi connectivity index (χ0) is 11.5. The van der Waals surface area contributed by atoms with Gasteiger partial charge in [-0.05, 0) is 65.0 Å². The van der Waals surface area contributed by atoms with Crippen molar-refractivity contribution in [2.45, 2.75) is 25.7 Å². The van der Waals surface area contributed by atoms with Crippen LogP contribution in [-0.2, 0) is 0 Å². The highest BCUT2D eigenvalue weighted by molar-refractivity contribution is 9.10. The highest BCUT2D eigenvalue weighted by atomic mass is 79.9. The number of hydrogen-bond donors (Lipinski definition) is 1. The largest absolute Gasteiger partial charge is 0.316 e. The molecule has 2 atom stereocenters. The van der Waals surface area contributed by atoms with Gasteiger partial charge in [-0.25, -0.2) is 4.39 Å². The smallest absolute Gasteiger partial charge is 0.137 e. The van der Waals surface area contributed by atoms with Gasteiger partial charge >= 0.3 is 0 Å². The molecule has 3 heteroatoms. The van der Waals surface area contributed by atoms with Crippen LogP contribution in [0.4, 0.5) is 4.39 Å². The molecule has 1 aromatic rings. The van der Waals surface area contributed by atoms with Gasteiger partial charge < -0.3 is 5.32 Å². The Morgan fingerprint density at radius 1 is 1.50 bits per heavy atom. The molecule has 1 saturated heterocycles. The maximum atomic E-state index is 13.5. The predicted molar refractivity (Wildman–Crippen MR) is 68.1 cm³/mol. The highest BCUT2D eigenvalue weighted by Crippen LogP contribution is 2.33. The van der Waals surface area contributed by atoms with E-state index in [0.29, 0.717) is 16.3 Å². The monoisotopic (exact) mass is 285 g/mol. The molecule has 0 aliphatic carbocycles. The van der Waals surface area contributed by atoms with Crippen LogP contribution in [-0.4, -0.2) is 13.1 Å². The van der Waals surface area contributed by atoms with Crippen LogP contribution in [0, 0.1) is 11.7 Å². The molecular weight excluding hydrogens is 269 g/mol. The summed E-state index contributed by atoms with van der Waals surface area (Å²) >= 11 is 3.20. The molecule has 1 aliphatic rings. The fourth-order valence-electron chi connectivity index (χ4n) is 2.53. The average molecular weight is 286 g/mol. The standard InChI is InChI=1S/C13H17BrFN/c1-2-9-8-16-6-5-11(9)10-3-4-12(14)13(15)7-10/h3-4,7,9,11,16H,2,5-6,8H2,1H3. The molecule has 1 heterocycles. The molecule has 1 aromatic carbocycles. The van der Waals surface area contributed by atoms with Crippen molar-refractivity contribution < 1.29 is 4.39 Å². The number of halogens is 2. The van der Waals surface area contributed by atoms with Gasteiger partial charge in [0.05, 0.1) is 4.47 Å². The molecule has 0 spiro atoms. The fourth-order valence-corrected chi connectivity index (χ4v) is 2.78. The van der Waals surface area contributed by atoms with Gasteiger partial charge in [-0.3, -0.25) is 0 Å². The van der Waals surface area contributed by atoms with Gasteiger partial charge in [-0.15, -0.1) is 0 Å². The van der Waals surface area contributed by atoms with E-state index in [1.54, 1.807) is 6.07 Å². The molecule has 0 amide bonds. The van der Waals surface area contributed by atoms with Gasteiger partial charge in [0.2, 0.25) is 0 Å². The third-order valence-electron chi connectivity index (χ3n) is 3.50. The first-order valence-electron chi connectivity index (χ1n) is 5.88. The maximum Gasteiger partial charge on any atom is 0.137 e. The molecule has 0 bridgehead atoms. The second-order valence-electron chi connectivity index (χ2n) is 4.44. The van der Waals surface area contributed by atoms with E-state index in [2.05, 4.69) is 28.2 Å². The maximum absolute atomic E-state index is 13.5. The minimum absolute atomic E-state index is 0.147. The zero-order valence-electron chi connectivity index (χ0n) is 9.47. The van der Waals surface area contributed by atoms with Crippen LogP contribution in [0.1, 0.15) is 31.2 Å². The molecule has 0 saturated carbocycles. The van der Waals surface area contributed by atoms with E-state index in [1.807, 2.05) is 12.1 Å². The summed E-state index contributed by atoms with van der Waals surface area (Å²) in [4.78, 5) is 0. The van der Waals surface area contributed by atoms with Crippen molar-refractivity contribution in [2.24, 2.45) is 5.92 Å². The van der Waals surface area contributed by atoms with E-state index >= 15 is 0 Å². The molecule has 0 aromatic heterocycles. The summed E-state index contributed by atoms with van der Waals surface area (Å²) in [6, 6.07) is 5.55. The summed E-state index contributed by atoms with van der Waals surface area (Å²) in [7, 11) is 0. The average Bonchev–Trinajstić information content (AvgIpc) is 2.32. The Hall–Kier alpha value is -0.410. The van der Waals surface area contributed by atoms with E-state index in [0.717, 1.165) is 31.5 Å². The summed E-state index contributed by atoms with van der Waals surface area (Å²) in [5, 5.41) is 3.41. The molecule has 16 heavy (non-hydrogen) atoms. The summed E-state index contributed by atoms with van der Waals surface area (Å²) in [5.74, 6) is 0.995. The van der Waals surface area contributed by atoms with E-state index in [1.165, 1.54) is 0 Å². The molecule has 1 fully saturated rings. The highest BCUT2D eigenvalue weighted by Gasteiger charge is 2.25. The molecule has 1 nitrogen and oxygen atoms in total. The van der Waals surface area contributed by atoms with Gasteiger partial charge in [0.25, 0.3) is 0 Å². The molecule has 88 valence electrons. The van der Waals surface area contributed by atoms with Crippen LogP contribution < -0.4 is 5.32 Å². The van der Waals surface area contributed by atoms with Crippen molar-refractivity contribution in [1.29, 1.82) is 0 Å². The van der Waals surface area contributed by atoms with Crippen molar-refractivity contribution in [3.8, 4) is 0 Å². The van der Waals surface area contributed by atoms with Gasteiger partial charge in [0.1, 0.15) is 5.82 Å². The van der Waals surface area contributed by atoms with Crippen molar-refractivity contribution in [3.05, 3.63) is 34.1 Å². The van der Waals surface area contributed by atoms with Crippen LogP contribution in [0.5, 0.6) is 0 Å². The molecule has 1 N–H and O–H groups in total. The summed E-state index contributed by atoms with van der Waals surface area (Å²) in [6.07, 6.45) is 2.26. The topological polar surface area (TPSA) is 12.0 Å². The predicted octanol–water partition coefficient (Wildman–Crippen LogP) is 3.69. The number of hydrogen-bond acceptors (Lipinski definition) is 1. The Morgan fingerprint density at radius 3 is 3.00 bits per heavy atom. The Bertz CT molecular complexity index is 367. The first-order valence-corrected chi connectivity index (χ1v) is 6.67. The first-order chi connectivity index (χ1) is 7.72. The number of piperidine rings is 1. The summed E-state index contributed by atoms with van der Waals surface area (Å²) in [6.45, 7) is 4.30. The van der Waals surface area contributed by atoms with Crippen molar-refractivity contribution in [3.63, 3.8) is 0 Å². The van der Waals surface area contributed by atoms with Crippen LogP contribution in [0.3, 0.4) is 0 Å². The second kappa shape index (κ2) is 5.28. The van der Waals surface area contributed by atoms with Crippen molar-refractivity contribution in [1.82, 2.24) is 5.32 Å². The van der Waals surface area contributed by atoms with Crippen LogP contribution in [0.25, 0.3) is 0 Å². The number of nitrogens with one attached hydrogen (secondary N) is 1. The third-order valence-corrected chi connectivity index (χ3v) is 4.15. The van der Waals surface area contributed by atoms with Crippen LogP contribution >= 0.6 is 15.9 Å². The Morgan fingerprint density at radius 2 is 2.31 bits per heavy atom. The van der Waals surface area contributed by atoms with Crippen LogP contribution in [0.15, 0.2) is 22.7 Å². The Kier molecular flexibility index (Phi) is 3.98. The van der Waals surface area contributed by atoms with Crippen LogP contribution in [0.2, 0.25) is 0 Å². The van der Waals surface area contributed by atoms with E-state index in [4.69, 9.17) is 0 Å². The van der Waals surface area contributed by atoms with Gasteiger partial charge in [0.15, 0.2) is 0 Å². The molecular formula is C13H17BrFN. The Balaban J connectivity index is 2.23. The lowest BCUT2D eigenvalue weighted by atomic mass is 9.80. The van der Waals surface area contributed by atoms with E-state index < -0.39 is 0 Å². The van der Waals surface area contributed by atoms with Gasteiger partial charge in [-0.1, -0.05) is 19.4 Å². The lowest BCUT2D eigenvalue weighted by Gasteiger charge is -2.32. The van der Waals surface area contributed by atoms with Gasteiger partial charge in [-0.2, -0.15) is 0 Å². The zero-order valence-corrected chi connectivity index (χ0v) is 11.1. The normalized spacial score (nSPS) is 25.7.